The highest BCUT2D eigenvalue weighted by Gasteiger charge is 2.24. The minimum atomic E-state index is 0.261. The number of aryl methyl sites for hydroxylation is 1. The van der Waals surface area contributed by atoms with Gasteiger partial charge in [-0.3, -0.25) is 0 Å². The summed E-state index contributed by atoms with van der Waals surface area (Å²) in [4.78, 5) is 0. The van der Waals surface area contributed by atoms with Crippen molar-refractivity contribution in [3.8, 4) is 0 Å². The Morgan fingerprint density at radius 3 is 3.00 bits per heavy atom. The van der Waals surface area contributed by atoms with E-state index in [4.69, 9.17) is 0 Å². The summed E-state index contributed by atoms with van der Waals surface area (Å²) in [6, 6.07) is 2.34. The van der Waals surface area contributed by atoms with Crippen molar-refractivity contribution >= 4 is 5.82 Å². The van der Waals surface area contributed by atoms with E-state index in [0.717, 1.165) is 24.2 Å². The van der Waals surface area contributed by atoms with Crippen LogP contribution in [0, 0.1) is 12.8 Å². The lowest BCUT2D eigenvalue weighted by molar-refractivity contribution is 0.178. The van der Waals surface area contributed by atoms with Gasteiger partial charge in [-0.2, -0.15) is 5.10 Å². The predicted octanol–water partition coefficient (Wildman–Crippen LogP) is 1.75. The fourth-order valence-corrected chi connectivity index (χ4v) is 2.34. The Bertz CT molecular complexity index is 343. The molecule has 0 spiro atoms. The van der Waals surface area contributed by atoms with Crippen molar-refractivity contribution in [2.45, 2.75) is 38.6 Å². The van der Waals surface area contributed by atoms with Gasteiger partial charge in [0, 0.05) is 18.6 Å². The first-order chi connectivity index (χ1) is 7.79. The van der Waals surface area contributed by atoms with Crippen LogP contribution in [0.2, 0.25) is 0 Å². The lowest BCUT2D eigenvalue weighted by atomic mass is 9.85. The standard InChI is InChI=1S/C12H19N3O/c1-9-6-12(15-13-7-9)14-11-5-3-2-4-10(11)8-16/h6-7,10-11,16H,2-5,8H2,1H3,(H,14,15). The molecule has 1 fully saturated rings. The van der Waals surface area contributed by atoms with E-state index < -0.39 is 0 Å². The quantitative estimate of drug-likeness (QED) is 0.816. The predicted molar refractivity (Wildman–Crippen MR) is 63.2 cm³/mol. The molecule has 2 atom stereocenters. The molecule has 1 heterocycles. The van der Waals surface area contributed by atoms with Crippen molar-refractivity contribution in [3.63, 3.8) is 0 Å². The van der Waals surface area contributed by atoms with E-state index in [-0.39, 0.29) is 6.61 Å². The smallest absolute Gasteiger partial charge is 0.149 e. The Hall–Kier alpha value is -1.16. The van der Waals surface area contributed by atoms with Crippen molar-refractivity contribution in [3.05, 3.63) is 17.8 Å². The zero-order chi connectivity index (χ0) is 11.4. The summed E-state index contributed by atoms with van der Waals surface area (Å²) >= 11 is 0. The van der Waals surface area contributed by atoms with Gasteiger partial charge in [-0.1, -0.05) is 12.8 Å². The van der Waals surface area contributed by atoms with Crippen LogP contribution in [0.15, 0.2) is 12.3 Å². The third-order valence-electron chi connectivity index (χ3n) is 3.27. The lowest BCUT2D eigenvalue weighted by Gasteiger charge is -2.31. The summed E-state index contributed by atoms with van der Waals surface area (Å²) in [5.41, 5.74) is 1.11. The van der Waals surface area contributed by atoms with Crippen LogP contribution in [0.5, 0.6) is 0 Å². The highest BCUT2D eigenvalue weighted by atomic mass is 16.3. The van der Waals surface area contributed by atoms with Gasteiger partial charge in [-0.25, -0.2) is 0 Å². The first-order valence-electron chi connectivity index (χ1n) is 5.96. The molecule has 0 bridgehead atoms. The van der Waals surface area contributed by atoms with Crippen LogP contribution < -0.4 is 5.32 Å². The number of hydrogen-bond acceptors (Lipinski definition) is 4. The van der Waals surface area contributed by atoms with E-state index in [9.17, 15) is 5.11 Å². The zero-order valence-electron chi connectivity index (χ0n) is 9.69. The van der Waals surface area contributed by atoms with Gasteiger partial charge in [0.05, 0.1) is 6.20 Å². The van der Waals surface area contributed by atoms with Crippen LogP contribution in [0.4, 0.5) is 5.82 Å². The van der Waals surface area contributed by atoms with Crippen LogP contribution in [0.3, 0.4) is 0 Å². The maximum absolute atomic E-state index is 9.32. The van der Waals surface area contributed by atoms with Gasteiger partial charge in [-0.05, 0) is 31.4 Å². The lowest BCUT2D eigenvalue weighted by Crippen LogP contribution is -2.34. The first-order valence-corrected chi connectivity index (χ1v) is 5.96. The van der Waals surface area contributed by atoms with E-state index >= 15 is 0 Å². The number of hydrogen-bond donors (Lipinski definition) is 2. The molecule has 0 saturated heterocycles. The topological polar surface area (TPSA) is 58.0 Å². The molecule has 0 aliphatic heterocycles. The van der Waals surface area contributed by atoms with Crippen molar-refractivity contribution in [1.82, 2.24) is 10.2 Å². The highest BCUT2D eigenvalue weighted by molar-refractivity contribution is 5.36. The molecule has 0 amide bonds. The number of nitrogens with one attached hydrogen (secondary N) is 1. The Balaban J connectivity index is 2.02. The number of rotatable bonds is 3. The summed E-state index contributed by atoms with van der Waals surface area (Å²) < 4.78 is 0. The molecule has 2 unspecified atom stereocenters. The highest BCUT2D eigenvalue weighted by Crippen LogP contribution is 2.26. The second kappa shape index (κ2) is 5.25. The van der Waals surface area contributed by atoms with Crippen molar-refractivity contribution in [1.29, 1.82) is 0 Å². The number of nitrogens with zero attached hydrogens (tertiary/aromatic N) is 2. The van der Waals surface area contributed by atoms with E-state index in [0.29, 0.717) is 12.0 Å². The average molecular weight is 221 g/mol. The monoisotopic (exact) mass is 221 g/mol. The molecule has 1 aromatic rings. The van der Waals surface area contributed by atoms with Crippen LogP contribution in [-0.2, 0) is 0 Å². The van der Waals surface area contributed by atoms with Crippen LogP contribution in [-0.4, -0.2) is 28.0 Å². The molecule has 1 aliphatic carbocycles. The third kappa shape index (κ3) is 2.70. The molecule has 2 rings (SSSR count). The van der Waals surface area contributed by atoms with Crippen LogP contribution >= 0.6 is 0 Å². The molecule has 0 aromatic carbocycles. The minimum Gasteiger partial charge on any atom is -0.396 e. The molecular weight excluding hydrogens is 202 g/mol. The van der Waals surface area contributed by atoms with Crippen LogP contribution in [0.1, 0.15) is 31.2 Å². The van der Waals surface area contributed by atoms with Crippen molar-refractivity contribution < 1.29 is 5.11 Å². The van der Waals surface area contributed by atoms with E-state index in [1.54, 1.807) is 6.20 Å². The molecule has 88 valence electrons. The second-order valence-electron chi connectivity index (χ2n) is 4.60. The SMILES string of the molecule is Cc1cnnc(NC2CCCCC2CO)c1. The van der Waals surface area contributed by atoms with Crippen molar-refractivity contribution in [2.24, 2.45) is 5.92 Å². The molecule has 4 nitrogen and oxygen atoms in total. The largest absolute Gasteiger partial charge is 0.396 e. The molecule has 2 N–H and O–H groups in total. The maximum atomic E-state index is 9.32. The Kier molecular flexibility index (Phi) is 3.72. The van der Waals surface area contributed by atoms with Gasteiger partial charge >= 0.3 is 0 Å². The molecule has 4 heteroatoms. The zero-order valence-corrected chi connectivity index (χ0v) is 9.69. The van der Waals surface area contributed by atoms with Gasteiger partial charge in [-0.15, -0.1) is 5.10 Å². The molecule has 1 aliphatic rings. The van der Waals surface area contributed by atoms with Crippen molar-refractivity contribution in [2.75, 3.05) is 11.9 Å². The molecule has 0 radical (unpaired) electrons. The molecule has 1 aromatic heterocycles. The number of aliphatic hydroxyl groups is 1. The Morgan fingerprint density at radius 2 is 2.25 bits per heavy atom. The first kappa shape index (κ1) is 11.3. The van der Waals surface area contributed by atoms with Gasteiger partial charge in [0.2, 0.25) is 0 Å². The summed E-state index contributed by atoms with van der Waals surface area (Å²) in [7, 11) is 0. The minimum absolute atomic E-state index is 0.261. The fraction of sp³-hybridized carbons (Fsp3) is 0.667. The fourth-order valence-electron chi connectivity index (χ4n) is 2.34. The summed E-state index contributed by atoms with van der Waals surface area (Å²) in [5, 5.41) is 20.7. The number of aliphatic hydroxyl groups excluding tert-OH is 1. The maximum Gasteiger partial charge on any atom is 0.149 e. The number of anilines is 1. The van der Waals surface area contributed by atoms with E-state index in [1.165, 1.54) is 12.8 Å². The van der Waals surface area contributed by atoms with Gasteiger partial charge in [0.15, 0.2) is 0 Å². The Morgan fingerprint density at radius 1 is 1.44 bits per heavy atom. The number of aromatic nitrogens is 2. The molecule has 16 heavy (non-hydrogen) atoms. The second-order valence-corrected chi connectivity index (χ2v) is 4.60. The molecular formula is C12H19N3O. The molecule has 1 saturated carbocycles. The van der Waals surface area contributed by atoms with Gasteiger partial charge < -0.3 is 10.4 Å². The van der Waals surface area contributed by atoms with Gasteiger partial charge in [0.25, 0.3) is 0 Å². The summed E-state index contributed by atoms with van der Waals surface area (Å²) in [5.74, 6) is 1.18. The van der Waals surface area contributed by atoms with E-state index in [2.05, 4.69) is 15.5 Å². The summed E-state index contributed by atoms with van der Waals surface area (Å²) in [6.45, 7) is 2.27. The average Bonchev–Trinajstić information content (AvgIpc) is 2.30. The Labute approximate surface area is 96.1 Å². The normalized spacial score (nSPS) is 25.4. The van der Waals surface area contributed by atoms with E-state index in [1.807, 2.05) is 13.0 Å². The van der Waals surface area contributed by atoms with Crippen LogP contribution in [0.25, 0.3) is 0 Å². The third-order valence-corrected chi connectivity index (χ3v) is 3.27. The summed E-state index contributed by atoms with van der Waals surface area (Å²) in [6.07, 6.45) is 6.42. The van der Waals surface area contributed by atoms with Gasteiger partial charge in [0.1, 0.15) is 5.82 Å².